The van der Waals surface area contributed by atoms with Crippen molar-refractivity contribution in [3.05, 3.63) is 288 Å². The van der Waals surface area contributed by atoms with E-state index < -0.39 is 0 Å². The zero-order valence-electron chi connectivity index (χ0n) is 55.6. The van der Waals surface area contributed by atoms with Crippen molar-refractivity contribution >= 4 is 121 Å². The smallest absolute Gasteiger partial charge is 0.159 e. The first kappa shape index (κ1) is 56.8. The molecule has 14 aromatic carbocycles. The Morgan fingerprint density at radius 1 is 0.323 bits per heavy atom. The maximum atomic E-state index is 7.50. The SMILES string of the molecule is CC(C)(C)c1cccc2c1oc1c(N(c3ccc(-c4cc(N(c5ccccc5)c5ccc6c7c(ccc6c5)-c5ccc6ccccc6c5C7(C)C)c5oc6c(C7CCCCC7)cccc6c5c4)cc3)c3ccc4c5c(ccc4c3)-c3ccc4ccccc4c3C5(C)C)cccc12. The molecule has 0 bridgehead atoms. The lowest BCUT2D eigenvalue weighted by Crippen LogP contribution is -2.16. The van der Waals surface area contributed by atoms with E-state index in [9.17, 15) is 0 Å². The molecule has 4 nitrogen and oxygen atoms in total. The fraction of sp³-hybridized carbons (Fsp3) is 0.174. The highest BCUT2D eigenvalue weighted by molar-refractivity contribution is 6.15. The molecule has 0 atom stereocenters. The summed E-state index contributed by atoms with van der Waals surface area (Å²) in [6.07, 6.45) is 6.15. The molecule has 0 radical (unpaired) electrons. The number of fused-ring (bicyclic) bond motifs is 20. The Balaban J connectivity index is 0.789. The second kappa shape index (κ2) is 20.9. The third-order valence-electron chi connectivity index (χ3n) is 22.4. The molecule has 3 aliphatic rings. The third-order valence-corrected chi connectivity index (χ3v) is 22.4. The van der Waals surface area contributed by atoms with Gasteiger partial charge in [0.2, 0.25) is 0 Å². The van der Waals surface area contributed by atoms with Gasteiger partial charge in [-0.05, 0) is 195 Å². The number of para-hydroxylation sites is 4. The molecule has 96 heavy (non-hydrogen) atoms. The van der Waals surface area contributed by atoms with Gasteiger partial charge >= 0.3 is 0 Å². The number of nitrogens with zero attached hydrogens (tertiary/aromatic N) is 2. The summed E-state index contributed by atoms with van der Waals surface area (Å²) in [6.45, 7) is 16.5. The molecule has 1 saturated carbocycles. The number of anilines is 6. The van der Waals surface area contributed by atoms with Crippen LogP contribution in [0, 0.1) is 0 Å². The minimum atomic E-state index is -0.217. The molecule has 16 aromatic rings. The molecule has 0 N–H and O–H groups in total. The summed E-state index contributed by atoms with van der Waals surface area (Å²) in [4.78, 5) is 4.87. The second-order valence-electron chi connectivity index (χ2n) is 29.7. The summed E-state index contributed by atoms with van der Waals surface area (Å²) >= 11 is 0. The Hall–Kier alpha value is -10.7. The number of furan rings is 2. The third kappa shape index (κ3) is 8.40. The van der Waals surface area contributed by atoms with Crippen LogP contribution in [0.4, 0.5) is 34.1 Å². The highest BCUT2D eigenvalue weighted by Crippen LogP contribution is 2.57. The molecule has 2 heterocycles. The fourth-order valence-electron chi connectivity index (χ4n) is 18.1. The van der Waals surface area contributed by atoms with Crippen molar-refractivity contribution in [1.82, 2.24) is 0 Å². The molecular weight excluding hydrogens is 1170 g/mol. The van der Waals surface area contributed by atoms with Gasteiger partial charge in [0.25, 0.3) is 0 Å². The monoisotopic (exact) mass is 1240 g/mol. The van der Waals surface area contributed by atoms with Crippen molar-refractivity contribution in [2.24, 2.45) is 0 Å². The van der Waals surface area contributed by atoms with Crippen LogP contribution in [0.3, 0.4) is 0 Å². The number of hydrogen-bond donors (Lipinski definition) is 0. The Bertz CT molecular complexity index is 5930. The maximum Gasteiger partial charge on any atom is 0.159 e. The van der Waals surface area contributed by atoms with E-state index >= 15 is 0 Å². The number of rotatable bonds is 8. The van der Waals surface area contributed by atoms with E-state index in [1.165, 1.54) is 131 Å². The highest BCUT2D eigenvalue weighted by Gasteiger charge is 2.40. The summed E-state index contributed by atoms with van der Waals surface area (Å²) in [6, 6.07) is 95.8. The molecular formula is C92H74N2O2. The molecule has 464 valence electrons. The van der Waals surface area contributed by atoms with Gasteiger partial charge < -0.3 is 18.6 Å². The maximum absolute atomic E-state index is 7.50. The van der Waals surface area contributed by atoms with Gasteiger partial charge in [-0.1, -0.05) is 256 Å². The van der Waals surface area contributed by atoms with Crippen LogP contribution in [0.25, 0.3) is 120 Å². The summed E-state index contributed by atoms with van der Waals surface area (Å²) in [5.74, 6) is 0.460. The lowest BCUT2D eigenvalue weighted by Gasteiger charge is -2.28. The van der Waals surface area contributed by atoms with Crippen molar-refractivity contribution in [2.75, 3.05) is 9.80 Å². The van der Waals surface area contributed by atoms with Gasteiger partial charge in [0.15, 0.2) is 11.2 Å². The van der Waals surface area contributed by atoms with E-state index in [1.54, 1.807) is 0 Å². The Labute approximate surface area is 560 Å². The van der Waals surface area contributed by atoms with Gasteiger partial charge in [-0.25, -0.2) is 0 Å². The molecule has 4 heteroatoms. The molecule has 3 aliphatic carbocycles. The minimum absolute atomic E-state index is 0.125. The average Bonchev–Trinajstić information content (AvgIpc) is 1.55. The quantitative estimate of drug-likeness (QED) is 0.152. The number of benzene rings is 14. The van der Waals surface area contributed by atoms with Crippen LogP contribution in [0.2, 0.25) is 0 Å². The fourth-order valence-corrected chi connectivity index (χ4v) is 18.1. The van der Waals surface area contributed by atoms with Gasteiger partial charge in [0.1, 0.15) is 11.2 Å². The summed E-state index contributed by atoms with van der Waals surface area (Å²) in [5, 5.41) is 14.7. The standard InChI is InChI=1S/C92H74N2O2/c1-90(2,3)79-33-19-31-75-76-32-20-34-80(88(76)96-87(75)79)93(64-43-49-68-59(51-64)39-47-73-71-45-37-57-23-14-16-27-66(57)82(71)91(4,5)84(68)73)63-41-35-55(36-42-63)61-53-78-77-30-18-29-70(56-21-10-8-11-22-56)86(77)95-89(78)81(54-61)94(62-25-12-9-13-26-62)65-44-50-69-60(52-65)40-48-74-72-46-38-58-24-15-17-28-67(58)83(72)92(6,7)85(69)74/h9,12-20,23-54,56H,8,10-11,21-22H2,1-7H3. The molecule has 0 saturated heterocycles. The van der Waals surface area contributed by atoms with E-state index in [4.69, 9.17) is 8.83 Å². The predicted molar refractivity (Wildman–Crippen MR) is 405 cm³/mol. The highest BCUT2D eigenvalue weighted by atomic mass is 16.3. The largest absolute Gasteiger partial charge is 0.454 e. The second-order valence-corrected chi connectivity index (χ2v) is 29.7. The molecule has 0 spiro atoms. The van der Waals surface area contributed by atoms with Crippen LogP contribution in [0.1, 0.15) is 120 Å². The van der Waals surface area contributed by atoms with Gasteiger partial charge in [0.05, 0.1) is 11.4 Å². The van der Waals surface area contributed by atoms with Gasteiger partial charge in [-0.2, -0.15) is 0 Å². The minimum Gasteiger partial charge on any atom is -0.454 e. The van der Waals surface area contributed by atoms with E-state index in [0.717, 1.165) is 89.1 Å². The first-order chi connectivity index (χ1) is 46.8. The van der Waals surface area contributed by atoms with Crippen molar-refractivity contribution < 1.29 is 8.83 Å². The molecule has 0 unspecified atom stereocenters. The van der Waals surface area contributed by atoms with Crippen LogP contribution >= 0.6 is 0 Å². The average molecular weight is 1240 g/mol. The van der Waals surface area contributed by atoms with E-state index in [2.05, 4.69) is 313 Å². The Kier molecular flexibility index (Phi) is 12.4. The van der Waals surface area contributed by atoms with E-state index in [0.29, 0.717) is 5.92 Å². The predicted octanol–water partition coefficient (Wildman–Crippen LogP) is 26.7. The van der Waals surface area contributed by atoms with E-state index in [-0.39, 0.29) is 16.2 Å². The summed E-state index contributed by atoms with van der Waals surface area (Å²) in [5.41, 5.74) is 25.0. The lowest BCUT2D eigenvalue weighted by molar-refractivity contribution is 0.442. The Morgan fingerprint density at radius 2 is 0.771 bits per heavy atom. The normalized spacial score (nSPS) is 14.9. The van der Waals surface area contributed by atoms with Crippen molar-refractivity contribution in [2.45, 2.75) is 103 Å². The molecule has 1 fully saturated rings. The first-order valence-corrected chi connectivity index (χ1v) is 34.7. The van der Waals surface area contributed by atoms with Crippen LogP contribution < -0.4 is 9.80 Å². The molecule has 0 amide bonds. The van der Waals surface area contributed by atoms with Gasteiger partial charge in [-0.15, -0.1) is 0 Å². The zero-order valence-corrected chi connectivity index (χ0v) is 55.6. The van der Waals surface area contributed by atoms with Crippen LogP contribution in [-0.4, -0.2) is 0 Å². The van der Waals surface area contributed by atoms with Crippen LogP contribution in [0.5, 0.6) is 0 Å². The molecule has 0 aliphatic heterocycles. The summed E-state index contributed by atoms with van der Waals surface area (Å²) in [7, 11) is 0. The van der Waals surface area contributed by atoms with Crippen LogP contribution in [0.15, 0.2) is 264 Å². The van der Waals surface area contributed by atoms with Gasteiger partial charge in [0, 0.05) is 60.7 Å². The van der Waals surface area contributed by atoms with Crippen molar-refractivity contribution in [3.63, 3.8) is 0 Å². The van der Waals surface area contributed by atoms with Crippen LogP contribution in [-0.2, 0) is 16.2 Å². The van der Waals surface area contributed by atoms with Gasteiger partial charge in [-0.3, -0.25) is 0 Å². The molecule has 19 rings (SSSR count). The first-order valence-electron chi connectivity index (χ1n) is 34.7. The van der Waals surface area contributed by atoms with Crippen molar-refractivity contribution in [1.29, 1.82) is 0 Å². The topological polar surface area (TPSA) is 32.8 Å². The van der Waals surface area contributed by atoms with Crippen molar-refractivity contribution in [3.8, 4) is 33.4 Å². The zero-order chi connectivity index (χ0) is 64.5. The Morgan fingerprint density at radius 3 is 1.35 bits per heavy atom. The summed E-state index contributed by atoms with van der Waals surface area (Å²) < 4.78 is 14.8. The lowest BCUT2D eigenvalue weighted by atomic mass is 9.78. The molecule has 2 aromatic heterocycles. The van der Waals surface area contributed by atoms with E-state index in [1.807, 2.05) is 0 Å². The number of hydrogen-bond acceptors (Lipinski definition) is 4.